The summed E-state index contributed by atoms with van der Waals surface area (Å²) in [6.45, 7) is 3.74. The number of nitrogens with one attached hydrogen (secondary N) is 1. The molecule has 2 aromatic rings. The summed E-state index contributed by atoms with van der Waals surface area (Å²) in [5, 5.41) is 29.2. The lowest BCUT2D eigenvalue weighted by Crippen LogP contribution is -2.01. The van der Waals surface area contributed by atoms with Crippen LogP contribution < -0.4 is 5.32 Å². The summed E-state index contributed by atoms with van der Waals surface area (Å²) in [5.41, 5.74) is 3.05. The van der Waals surface area contributed by atoms with Gasteiger partial charge in [0.25, 0.3) is 0 Å². The lowest BCUT2D eigenvalue weighted by atomic mass is 10.1. The van der Waals surface area contributed by atoms with Crippen LogP contribution in [0.25, 0.3) is 0 Å². The second kappa shape index (κ2) is 5.56. The van der Waals surface area contributed by atoms with E-state index in [-0.39, 0.29) is 0 Å². The van der Waals surface area contributed by atoms with Gasteiger partial charge >= 0.3 is 0 Å². The molecule has 0 radical (unpaired) electrons. The zero-order chi connectivity index (χ0) is 14.7. The van der Waals surface area contributed by atoms with Crippen molar-refractivity contribution in [2.24, 2.45) is 0 Å². The third-order valence-electron chi connectivity index (χ3n) is 2.99. The molecule has 1 heterocycles. The fraction of sp³-hybridized carbons (Fsp3) is 0.143. The lowest BCUT2D eigenvalue weighted by molar-refractivity contribution is 1.00. The minimum absolute atomic E-state index is 0.314. The number of aromatic nitrogens is 2. The minimum Gasteiger partial charge on any atom is -0.338 e. The van der Waals surface area contributed by atoms with Crippen molar-refractivity contribution in [2.45, 2.75) is 13.8 Å². The zero-order valence-corrected chi connectivity index (χ0v) is 11.7. The van der Waals surface area contributed by atoms with Crippen molar-refractivity contribution in [3.05, 3.63) is 45.6 Å². The molecular formula is C14H10ClN5. The van der Waals surface area contributed by atoms with E-state index >= 15 is 0 Å². The molecule has 0 amide bonds. The molecule has 0 fully saturated rings. The Balaban J connectivity index is 2.39. The van der Waals surface area contributed by atoms with Crippen LogP contribution in [0.3, 0.4) is 0 Å². The fourth-order valence-electron chi connectivity index (χ4n) is 1.64. The number of halogens is 1. The first kappa shape index (κ1) is 13.8. The summed E-state index contributed by atoms with van der Waals surface area (Å²) in [4.78, 5) is 0. The molecule has 0 aliphatic heterocycles. The van der Waals surface area contributed by atoms with E-state index in [1.165, 1.54) is 0 Å². The van der Waals surface area contributed by atoms with Crippen LogP contribution in [0.1, 0.15) is 22.3 Å². The van der Waals surface area contributed by atoms with Gasteiger partial charge in [-0.05, 0) is 43.2 Å². The van der Waals surface area contributed by atoms with Gasteiger partial charge in [-0.15, -0.1) is 10.2 Å². The molecule has 6 heteroatoms. The Hall–Kier alpha value is -2.63. The maximum atomic E-state index is 9.00. The van der Waals surface area contributed by atoms with Gasteiger partial charge in [0.05, 0.1) is 11.1 Å². The highest BCUT2D eigenvalue weighted by Gasteiger charge is 2.09. The van der Waals surface area contributed by atoms with E-state index in [1.54, 1.807) is 18.2 Å². The van der Waals surface area contributed by atoms with Crippen LogP contribution in [-0.4, -0.2) is 10.2 Å². The monoisotopic (exact) mass is 283 g/mol. The van der Waals surface area contributed by atoms with Crippen LogP contribution in [0.2, 0.25) is 5.15 Å². The number of hydrogen-bond acceptors (Lipinski definition) is 5. The fourth-order valence-corrected chi connectivity index (χ4v) is 1.82. The minimum atomic E-state index is 0.314. The van der Waals surface area contributed by atoms with Gasteiger partial charge in [0.15, 0.2) is 11.0 Å². The van der Waals surface area contributed by atoms with Gasteiger partial charge in [-0.1, -0.05) is 11.6 Å². The van der Waals surface area contributed by atoms with E-state index in [1.807, 2.05) is 26.0 Å². The third kappa shape index (κ3) is 2.54. The zero-order valence-electron chi connectivity index (χ0n) is 10.9. The number of anilines is 2. The topological polar surface area (TPSA) is 85.4 Å². The van der Waals surface area contributed by atoms with Crippen LogP contribution in [-0.2, 0) is 0 Å². The maximum Gasteiger partial charge on any atom is 0.156 e. The van der Waals surface area contributed by atoms with E-state index in [9.17, 15) is 0 Å². The molecule has 20 heavy (non-hydrogen) atoms. The van der Waals surface area contributed by atoms with Gasteiger partial charge < -0.3 is 5.32 Å². The molecule has 0 saturated carbocycles. The Kier molecular flexibility index (Phi) is 3.84. The molecule has 2 rings (SSSR count). The van der Waals surface area contributed by atoms with Crippen LogP contribution in [0.5, 0.6) is 0 Å². The van der Waals surface area contributed by atoms with Crippen LogP contribution in [0, 0.1) is 36.5 Å². The van der Waals surface area contributed by atoms with Gasteiger partial charge in [-0.25, -0.2) is 0 Å². The SMILES string of the molecule is Cc1c(Cl)nnc(Nc2ccc(C#N)c(C#N)c2)c1C. The molecule has 0 atom stereocenters. The summed E-state index contributed by atoms with van der Waals surface area (Å²) in [5.74, 6) is 0.570. The lowest BCUT2D eigenvalue weighted by Gasteiger charge is -2.10. The van der Waals surface area contributed by atoms with Crippen molar-refractivity contribution in [3.63, 3.8) is 0 Å². The van der Waals surface area contributed by atoms with E-state index in [0.29, 0.717) is 27.8 Å². The van der Waals surface area contributed by atoms with Crippen LogP contribution in [0.15, 0.2) is 18.2 Å². The highest BCUT2D eigenvalue weighted by Crippen LogP contribution is 2.24. The molecule has 1 aromatic carbocycles. The van der Waals surface area contributed by atoms with Gasteiger partial charge in [0.1, 0.15) is 12.1 Å². The van der Waals surface area contributed by atoms with Crippen LogP contribution in [0.4, 0.5) is 11.5 Å². The Bertz CT molecular complexity index is 755. The van der Waals surface area contributed by atoms with Gasteiger partial charge in [-0.2, -0.15) is 10.5 Å². The molecular weight excluding hydrogens is 274 g/mol. The van der Waals surface area contributed by atoms with Crippen molar-refractivity contribution < 1.29 is 0 Å². The molecule has 0 aliphatic rings. The number of hydrogen-bond donors (Lipinski definition) is 1. The Labute approximate surface area is 121 Å². The van der Waals surface area contributed by atoms with E-state index in [0.717, 1.165) is 11.1 Å². The normalized spacial score (nSPS) is 9.65. The largest absolute Gasteiger partial charge is 0.338 e. The van der Waals surface area contributed by atoms with Crippen molar-refractivity contribution in [2.75, 3.05) is 5.32 Å². The number of benzene rings is 1. The predicted octanol–water partition coefficient (Wildman–Crippen LogP) is 3.23. The first-order chi connectivity index (χ1) is 9.56. The van der Waals surface area contributed by atoms with Crippen molar-refractivity contribution in [1.82, 2.24) is 10.2 Å². The summed E-state index contributed by atoms with van der Waals surface area (Å²) in [6, 6.07) is 8.86. The molecule has 98 valence electrons. The van der Waals surface area contributed by atoms with E-state index in [4.69, 9.17) is 22.1 Å². The Morgan fingerprint density at radius 3 is 2.40 bits per heavy atom. The van der Waals surface area contributed by atoms with Gasteiger partial charge in [0.2, 0.25) is 0 Å². The molecule has 0 spiro atoms. The number of rotatable bonds is 2. The molecule has 0 saturated heterocycles. The van der Waals surface area contributed by atoms with Crippen molar-refractivity contribution in [1.29, 1.82) is 10.5 Å². The maximum absolute atomic E-state index is 9.00. The Morgan fingerprint density at radius 1 is 1.05 bits per heavy atom. The summed E-state index contributed by atoms with van der Waals surface area (Å²) >= 11 is 5.90. The average Bonchev–Trinajstić information content (AvgIpc) is 2.47. The standard InChI is InChI=1S/C14H10ClN5/c1-8-9(2)14(20-19-13(8)15)18-12-4-3-10(6-16)11(5-12)7-17/h3-5H,1-2H3,(H,18,20). The predicted molar refractivity (Wildman–Crippen MR) is 75.7 cm³/mol. The first-order valence-electron chi connectivity index (χ1n) is 5.77. The van der Waals surface area contributed by atoms with E-state index < -0.39 is 0 Å². The quantitative estimate of drug-likeness (QED) is 0.914. The molecule has 1 N–H and O–H groups in total. The highest BCUT2D eigenvalue weighted by molar-refractivity contribution is 6.30. The second-order valence-electron chi connectivity index (χ2n) is 4.20. The summed E-state index contributed by atoms with van der Waals surface area (Å²) in [7, 11) is 0. The molecule has 0 bridgehead atoms. The van der Waals surface area contributed by atoms with Gasteiger partial charge in [0, 0.05) is 5.69 Å². The molecule has 1 aromatic heterocycles. The van der Waals surface area contributed by atoms with Crippen molar-refractivity contribution >= 4 is 23.1 Å². The summed E-state index contributed by atoms with van der Waals surface area (Å²) in [6.07, 6.45) is 0. The number of nitriles is 2. The number of nitrogens with zero attached hydrogens (tertiary/aromatic N) is 4. The molecule has 0 aliphatic carbocycles. The third-order valence-corrected chi connectivity index (χ3v) is 3.35. The first-order valence-corrected chi connectivity index (χ1v) is 6.15. The Morgan fingerprint density at radius 2 is 1.75 bits per heavy atom. The smallest absolute Gasteiger partial charge is 0.156 e. The van der Waals surface area contributed by atoms with Crippen molar-refractivity contribution in [3.8, 4) is 12.1 Å². The van der Waals surface area contributed by atoms with E-state index in [2.05, 4.69) is 15.5 Å². The molecule has 0 unspecified atom stereocenters. The molecule has 5 nitrogen and oxygen atoms in total. The summed E-state index contributed by atoms with van der Waals surface area (Å²) < 4.78 is 0. The highest BCUT2D eigenvalue weighted by atomic mass is 35.5. The van der Waals surface area contributed by atoms with Gasteiger partial charge in [-0.3, -0.25) is 0 Å². The second-order valence-corrected chi connectivity index (χ2v) is 4.56. The average molecular weight is 284 g/mol. The van der Waals surface area contributed by atoms with Crippen LogP contribution >= 0.6 is 11.6 Å².